The highest BCUT2D eigenvalue weighted by molar-refractivity contribution is 5.06. The minimum absolute atomic E-state index is 0.531. The van der Waals surface area contributed by atoms with Crippen molar-refractivity contribution in [3.63, 3.8) is 0 Å². The Kier molecular flexibility index (Phi) is 1.98. The zero-order valence-corrected chi connectivity index (χ0v) is 8.97. The number of nitrogens with one attached hydrogen (secondary N) is 1. The monoisotopic (exact) mass is 191 g/mol. The normalized spacial score (nSPS) is 49.6. The molecule has 1 N–H and O–H groups in total. The van der Waals surface area contributed by atoms with Crippen molar-refractivity contribution >= 4 is 0 Å². The summed E-state index contributed by atoms with van der Waals surface area (Å²) in [6.07, 6.45) is 11.0. The first kappa shape index (κ1) is 8.96. The average Bonchev–Trinajstić information content (AvgIpc) is 2.12. The van der Waals surface area contributed by atoms with E-state index in [2.05, 4.69) is 11.9 Å². The van der Waals surface area contributed by atoms with Gasteiger partial charge in [0.05, 0.1) is 0 Å². The summed E-state index contributed by atoms with van der Waals surface area (Å²) in [5.74, 6) is 3.16. The van der Waals surface area contributed by atoms with E-state index in [-0.39, 0.29) is 0 Å². The lowest BCUT2D eigenvalue weighted by atomic mass is 9.53. The summed E-state index contributed by atoms with van der Waals surface area (Å²) in [6, 6.07) is 0. The summed E-state index contributed by atoms with van der Waals surface area (Å²) in [5, 5.41) is 3.76. The van der Waals surface area contributed by atoms with Gasteiger partial charge in [-0.25, -0.2) is 0 Å². The van der Waals surface area contributed by atoms with Crippen LogP contribution in [0.3, 0.4) is 0 Å². The van der Waals surface area contributed by atoms with Crippen LogP contribution in [0.1, 0.15) is 38.5 Å². The van der Waals surface area contributed by atoms with Crippen LogP contribution in [0.15, 0.2) is 12.7 Å². The molecule has 1 heteroatoms. The van der Waals surface area contributed by atoms with Crippen LogP contribution in [-0.2, 0) is 0 Å². The molecule has 4 aliphatic carbocycles. The van der Waals surface area contributed by atoms with Gasteiger partial charge in [0.1, 0.15) is 0 Å². The van der Waals surface area contributed by atoms with E-state index in [1.807, 2.05) is 6.08 Å². The van der Waals surface area contributed by atoms with Gasteiger partial charge >= 0.3 is 0 Å². The topological polar surface area (TPSA) is 12.0 Å². The highest BCUT2D eigenvalue weighted by Crippen LogP contribution is 2.55. The molecule has 0 spiro atoms. The van der Waals surface area contributed by atoms with Crippen molar-refractivity contribution in [2.24, 2.45) is 17.8 Å². The average molecular weight is 191 g/mol. The van der Waals surface area contributed by atoms with E-state index >= 15 is 0 Å². The molecule has 0 saturated heterocycles. The fourth-order valence-electron chi connectivity index (χ4n) is 4.62. The second kappa shape index (κ2) is 3.10. The van der Waals surface area contributed by atoms with Crippen molar-refractivity contribution in [1.29, 1.82) is 0 Å². The SMILES string of the molecule is C=CCNC12CC3CC(CC(C3)C1)C2. The Hall–Kier alpha value is -0.300. The smallest absolute Gasteiger partial charge is 0.0192 e. The van der Waals surface area contributed by atoms with Gasteiger partial charge in [-0.3, -0.25) is 0 Å². The van der Waals surface area contributed by atoms with Crippen LogP contribution in [0.25, 0.3) is 0 Å². The van der Waals surface area contributed by atoms with Crippen molar-refractivity contribution in [1.82, 2.24) is 5.32 Å². The van der Waals surface area contributed by atoms with E-state index < -0.39 is 0 Å². The van der Waals surface area contributed by atoms with Crippen LogP contribution < -0.4 is 5.32 Å². The minimum Gasteiger partial charge on any atom is -0.308 e. The molecule has 0 unspecified atom stereocenters. The standard InChI is InChI=1S/C13H21N/c1-2-3-14-13-7-10-4-11(8-13)6-12(5-10)9-13/h2,10-12,14H,1,3-9H2. The van der Waals surface area contributed by atoms with Crippen LogP contribution >= 0.6 is 0 Å². The number of hydrogen-bond acceptors (Lipinski definition) is 1. The summed E-state index contributed by atoms with van der Waals surface area (Å²) in [4.78, 5) is 0. The molecule has 0 aromatic rings. The van der Waals surface area contributed by atoms with Gasteiger partial charge in [0.25, 0.3) is 0 Å². The molecule has 4 fully saturated rings. The molecule has 0 amide bonds. The zero-order valence-electron chi connectivity index (χ0n) is 8.97. The maximum Gasteiger partial charge on any atom is 0.0192 e. The van der Waals surface area contributed by atoms with E-state index in [4.69, 9.17) is 0 Å². The third-order valence-corrected chi connectivity index (χ3v) is 4.66. The first-order valence-corrected chi connectivity index (χ1v) is 6.15. The zero-order chi connectivity index (χ0) is 9.60. The van der Waals surface area contributed by atoms with Gasteiger partial charge in [0.2, 0.25) is 0 Å². The molecule has 78 valence electrons. The lowest BCUT2D eigenvalue weighted by Gasteiger charge is -2.57. The molecule has 0 radical (unpaired) electrons. The van der Waals surface area contributed by atoms with E-state index in [0.29, 0.717) is 5.54 Å². The predicted octanol–water partition coefficient (Wildman–Crippen LogP) is 2.73. The quantitative estimate of drug-likeness (QED) is 0.676. The third-order valence-electron chi connectivity index (χ3n) is 4.66. The van der Waals surface area contributed by atoms with Crippen LogP contribution in [0, 0.1) is 17.8 Å². The molecule has 0 heterocycles. The van der Waals surface area contributed by atoms with Gasteiger partial charge in [-0.1, -0.05) is 6.08 Å². The molecule has 4 saturated carbocycles. The summed E-state index contributed by atoms with van der Waals surface area (Å²) in [5.41, 5.74) is 0.531. The summed E-state index contributed by atoms with van der Waals surface area (Å²) in [6.45, 7) is 4.82. The molecule has 4 rings (SSSR count). The molecule has 0 aromatic carbocycles. The molecular weight excluding hydrogens is 170 g/mol. The van der Waals surface area contributed by atoms with Gasteiger partial charge in [-0.2, -0.15) is 0 Å². The van der Waals surface area contributed by atoms with Crippen LogP contribution in [0.4, 0.5) is 0 Å². The Morgan fingerprint density at radius 2 is 1.57 bits per heavy atom. The summed E-state index contributed by atoms with van der Waals surface area (Å²) < 4.78 is 0. The van der Waals surface area contributed by atoms with Gasteiger partial charge in [0.15, 0.2) is 0 Å². The Morgan fingerprint density at radius 1 is 1.07 bits per heavy atom. The van der Waals surface area contributed by atoms with Gasteiger partial charge in [-0.05, 0) is 56.3 Å². The fourth-order valence-corrected chi connectivity index (χ4v) is 4.62. The molecule has 1 nitrogen and oxygen atoms in total. The molecule has 0 atom stereocenters. The highest BCUT2D eigenvalue weighted by atomic mass is 15.0. The van der Waals surface area contributed by atoms with E-state index in [1.165, 1.54) is 38.5 Å². The van der Waals surface area contributed by atoms with Crippen molar-refractivity contribution in [2.75, 3.05) is 6.54 Å². The molecular formula is C13H21N. The minimum atomic E-state index is 0.531. The van der Waals surface area contributed by atoms with Gasteiger partial charge in [0, 0.05) is 12.1 Å². The largest absolute Gasteiger partial charge is 0.308 e. The van der Waals surface area contributed by atoms with E-state index in [1.54, 1.807) is 0 Å². The fraction of sp³-hybridized carbons (Fsp3) is 0.846. The third kappa shape index (κ3) is 1.33. The molecule has 0 aliphatic heterocycles. The lowest BCUT2D eigenvalue weighted by molar-refractivity contribution is -0.0178. The molecule has 4 bridgehead atoms. The second-order valence-electron chi connectivity index (χ2n) is 5.87. The predicted molar refractivity (Wildman–Crippen MR) is 59.1 cm³/mol. The van der Waals surface area contributed by atoms with Gasteiger partial charge < -0.3 is 5.32 Å². The first-order chi connectivity index (χ1) is 6.80. The highest BCUT2D eigenvalue weighted by Gasteiger charge is 2.50. The molecule has 4 aliphatic rings. The van der Waals surface area contributed by atoms with E-state index in [9.17, 15) is 0 Å². The van der Waals surface area contributed by atoms with Gasteiger partial charge in [-0.15, -0.1) is 6.58 Å². The Bertz CT molecular complexity index is 208. The summed E-state index contributed by atoms with van der Waals surface area (Å²) >= 11 is 0. The maximum absolute atomic E-state index is 3.82. The second-order valence-corrected chi connectivity index (χ2v) is 5.87. The van der Waals surface area contributed by atoms with Crippen LogP contribution in [-0.4, -0.2) is 12.1 Å². The van der Waals surface area contributed by atoms with Crippen molar-refractivity contribution in [3.05, 3.63) is 12.7 Å². The summed E-state index contributed by atoms with van der Waals surface area (Å²) in [7, 11) is 0. The maximum atomic E-state index is 3.82. The van der Waals surface area contributed by atoms with Crippen LogP contribution in [0.5, 0.6) is 0 Å². The first-order valence-electron chi connectivity index (χ1n) is 6.15. The Labute approximate surface area is 87.0 Å². The number of hydrogen-bond donors (Lipinski definition) is 1. The van der Waals surface area contributed by atoms with E-state index in [0.717, 1.165) is 24.3 Å². The number of rotatable bonds is 3. The lowest BCUT2D eigenvalue weighted by Crippen LogP contribution is -2.58. The Balaban J connectivity index is 1.77. The Morgan fingerprint density at radius 3 is 2.00 bits per heavy atom. The van der Waals surface area contributed by atoms with Crippen LogP contribution in [0.2, 0.25) is 0 Å². The molecule has 14 heavy (non-hydrogen) atoms. The van der Waals surface area contributed by atoms with Crippen molar-refractivity contribution in [2.45, 2.75) is 44.1 Å². The molecule has 0 aromatic heterocycles. The van der Waals surface area contributed by atoms with Crippen molar-refractivity contribution in [3.8, 4) is 0 Å². The van der Waals surface area contributed by atoms with Crippen molar-refractivity contribution < 1.29 is 0 Å².